The van der Waals surface area contributed by atoms with Crippen LogP contribution >= 0.6 is 43.6 Å². The summed E-state index contributed by atoms with van der Waals surface area (Å²) in [6, 6.07) is 14.5. The van der Waals surface area contributed by atoms with Gasteiger partial charge in [-0.2, -0.15) is 0 Å². The Labute approximate surface area is 155 Å². The molecule has 0 aliphatic rings. The Morgan fingerprint density at radius 2 is 1.90 bits per heavy atom. The number of halogens is 3. The van der Waals surface area contributed by atoms with E-state index in [0.717, 1.165) is 25.4 Å². The molecule has 2 aromatic carbocycles. The van der Waals surface area contributed by atoms with Gasteiger partial charge in [0.15, 0.2) is 5.16 Å². The summed E-state index contributed by atoms with van der Waals surface area (Å²) in [5.41, 5.74) is 3.49. The number of hydrogen-bond acceptors (Lipinski definition) is 2. The molecular weight excluding hydrogens is 480 g/mol. The molecule has 0 saturated carbocycles. The molecule has 0 aliphatic carbocycles. The van der Waals surface area contributed by atoms with Crippen LogP contribution in [0.4, 0.5) is 0 Å². The van der Waals surface area contributed by atoms with Crippen molar-refractivity contribution < 1.29 is 17.0 Å². The predicted molar refractivity (Wildman–Crippen MR) is 92.1 cm³/mol. The number of thioether (sulfide) groups is 1. The van der Waals surface area contributed by atoms with Crippen LogP contribution in [0, 0.1) is 0 Å². The third-order valence-electron chi connectivity index (χ3n) is 3.12. The lowest BCUT2D eigenvalue weighted by Gasteiger charge is -2.05. The lowest BCUT2D eigenvalue weighted by Crippen LogP contribution is -3.00. The minimum atomic E-state index is 0. The van der Waals surface area contributed by atoms with Crippen LogP contribution in [0.25, 0.3) is 11.0 Å². The SMILES string of the molecule is Cn1c(SCc2ccc(Br)cc2Br)nc2ccccc21.[Br-]. The van der Waals surface area contributed by atoms with Crippen molar-refractivity contribution in [1.82, 2.24) is 9.55 Å². The van der Waals surface area contributed by atoms with Gasteiger partial charge in [-0.05, 0) is 29.8 Å². The number of rotatable bonds is 3. The maximum atomic E-state index is 4.68. The number of imidazole rings is 1. The van der Waals surface area contributed by atoms with E-state index in [2.05, 4.69) is 78.8 Å². The second-order valence-electron chi connectivity index (χ2n) is 4.47. The van der Waals surface area contributed by atoms with Crippen molar-refractivity contribution in [2.45, 2.75) is 10.9 Å². The molecule has 110 valence electrons. The van der Waals surface area contributed by atoms with Gasteiger partial charge in [0.25, 0.3) is 0 Å². The van der Waals surface area contributed by atoms with E-state index >= 15 is 0 Å². The van der Waals surface area contributed by atoms with Crippen LogP contribution in [-0.4, -0.2) is 9.55 Å². The van der Waals surface area contributed by atoms with E-state index in [0.29, 0.717) is 0 Å². The molecule has 6 heteroatoms. The summed E-state index contributed by atoms with van der Waals surface area (Å²) < 4.78 is 4.35. The molecule has 0 radical (unpaired) electrons. The third-order valence-corrected chi connectivity index (χ3v) is 5.43. The summed E-state index contributed by atoms with van der Waals surface area (Å²) >= 11 is 8.83. The Kier molecular flexibility index (Phi) is 5.94. The van der Waals surface area contributed by atoms with E-state index in [4.69, 9.17) is 0 Å². The summed E-state index contributed by atoms with van der Waals surface area (Å²) in [4.78, 5) is 4.68. The quantitative estimate of drug-likeness (QED) is 0.524. The molecular formula is C15H12Br3N2S-. The number of hydrogen-bond donors (Lipinski definition) is 0. The molecule has 0 atom stereocenters. The second-order valence-corrected chi connectivity index (χ2v) is 7.18. The molecule has 1 heterocycles. The first-order valence-electron chi connectivity index (χ1n) is 6.13. The van der Waals surface area contributed by atoms with Gasteiger partial charge in [-0.1, -0.05) is 61.8 Å². The highest BCUT2D eigenvalue weighted by Crippen LogP contribution is 2.29. The molecule has 1 aromatic heterocycles. The molecule has 0 unspecified atom stereocenters. The van der Waals surface area contributed by atoms with Crippen LogP contribution in [0.5, 0.6) is 0 Å². The Morgan fingerprint density at radius 1 is 1.14 bits per heavy atom. The molecule has 3 rings (SSSR count). The van der Waals surface area contributed by atoms with Crippen molar-refractivity contribution in [2.75, 3.05) is 0 Å². The number of nitrogens with zero attached hydrogens (tertiary/aromatic N) is 2. The van der Waals surface area contributed by atoms with Crippen molar-refractivity contribution in [1.29, 1.82) is 0 Å². The highest BCUT2D eigenvalue weighted by Gasteiger charge is 2.09. The molecule has 2 nitrogen and oxygen atoms in total. The van der Waals surface area contributed by atoms with Crippen LogP contribution < -0.4 is 17.0 Å². The normalized spacial score (nSPS) is 10.6. The van der Waals surface area contributed by atoms with Crippen molar-refractivity contribution in [2.24, 2.45) is 7.05 Å². The van der Waals surface area contributed by atoms with Crippen LogP contribution in [0.1, 0.15) is 5.56 Å². The van der Waals surface area contributed by atoms with E-state index in [1.807, 2.05) is 12.1 Å². The largest absolute Gasteiger partial charge is 1.00 e. The topological polar surface area (TPSA) is 17.8 Å². The summed E-state index contributed by atoms with van der Waals surface area (Å²) in [5.74, 6) is 0.894. The Hall–Kier alpha value is -0.300. The standard InChI is InChI=1S/C15H12Br2N2S.BrH/c1-19-14-5-3-2-4-13(14)18-15(19)20-9-10-6-7-11(16)8-12(10)17;/h2-8H,9H2,1H3;1H/p-1. The van der Waals surface area contributed by atoms with Gasteiger partial charge in [-0.25, -0.2) is 4.98 Å². The zero-order valence-electron chi connectivity index (χ0n) is 11.2. The first-order valence-corrected chi connectivity index (χ1v) is 8.70. The van der Waals surface area contributed by atoms with E-state index in [9.17, 15) is 0 Å². The Balaban J connectivity index is 0.00000161. The zero-order valence-corrected chi connectivity index (χ0v) is 16.8. The minimum Gasteiger partial charge on any atom is -1.00 e. The van der Waals surface area contributed by atoms with E-state index in [1.165, 1.54) is 11.1 Å². The molecule has 0 N–H and O–H groups in total. The van der Waals surface area contributed by atoms with Gasteiger partial charge in [0.05, 0.1) is 11.0 Å². The fourth-order valence-electron chi connectivity index (χ4n) is 2.03. The highest BCUT2D eigenvalue weighted by atomic mass is 79.9. The molecule has 0 saturated heterocycles. The van der Waals surface area contributed by atoms with Crippen molar-refractivity contribution in [3.05, 3.63) is 57.0 Å². The fraction of sp³-hybridized carbons (Fsp3) is 0.133. The monoisotopic (exact) mass is 489 g/mol. The van der Waals surface area contributed by atoms with Crippen molar-refractivity contribution in [3.63, 3.8) is 0 Å². The molecule has 0 bridgehead atoms. The van der Waals surface area contributed by atoms with Gasteiger partial charge in [-0.3, -0.25) is 0 Å². The van der Waals surface area contributed by atoms with Crippen LogP contribution in [0.3, 0.4) is 0 Å². The maximum absolute atomic E-state index is 4.68. The predicted octanol–water partition coefficient (Wildman–Crippen LogP) is 2.39. The Morgan fingerprint density at radius 3 is 2.62 bits per heavy atom. The van der Waals surface area contributed by atoms with E-state index in [-0.39, 0.29) is 17.0 Å². The number of aromatic nitrogens is 2. The summed E-state index contributed by atoms with van der Waals surface area (Å²) in [7, 11) is 2.06. The smallest absolute Gasteiger partial charge is 0.169 e. The van der Waals surface area contributed by atoms with Crippen LogP contribution in [0.2, 0.25) is 0 Å². The summed E-state index contributed by atoms with van der Waals surface area (Å²) in [6.07, 6.45) is 0. The van der Waals surface area contributed by atoms with Gasteiger partial charge in [-0.15, -0.1) is 0 Å². The number of para-hydroxylation sites is 2. The average Bonchev–Trinajstić information content (AvgIpc) is 2.75. The molecule has 0 aliphatic heterocycles. The van der Waals surface area contributed by atoms with Gasteiger partial charge in [0.1, 0.15) is 0 Å². The van der Waals surface area contributed by atoms with Gasteiger partial charge in [0.2, 0.25) is 0 Å². The summed E-state index contributed by atoms with van der Waals surface area (Å²) in [5, 5.41) is 1.04. The Bertz CT molecular complexity index is 771. The molecule has 0 amide bonds. The van der Waals surface area contributed by atoms with Crippen molar-refractivity contribution >= 4 is 54.7 Å². The minimum absolute atomic E-state index is 0. The van der Waals surface area contributed by atoms with Crippen LogP contribution in [-0.2, 0) is 12.8 Å². The van der Waals surface area contributed by atoms with E-state index < -0.39 is 0 Å². The van der Waals surface area contributed by atoms with Crippen LogP contribution in [0.15, 0.2) is 56.6 Å². The first-order chi connectivity index (χ1) is 9.65. The lowest BCUT2D eigenvalue weighted by molar-refractivity contribution is -0.00000381. The summed E-state index contributed by atoms with van der Waals surface area (Å²) in [6.45, 7) is 0. The zero-order chi connectivity index (χ0) is 14.1. The van der Waals surface area contributed by atoms with Gasteiger partial charge >= 0.3 is 0 Å². The first kappa shape index (κ1) is 17.1. The lowest BCUT2D eigenvalue weighted by atomic mass is 10.2. The highest BCUT2D eigenvalue weighted by molar-refractivity contribution is 9.11. The maximum Gasteiger partial charge on any atom is 0.169 e. The number of fused-ring (bicyclic) bond motifs is 1. The average molecular weight is 492 g/mol. The van der Waals surface area contributed by atoms with Crippen molar-refractivity contribution in [3.8, 4) is 0 Å². The number of benzene rings is 2. The second kappa shape index (κ2) is 7.31. The van der Waals surface area contributed by atoms with Gasteiger partial charge < -0.3 is 21.5 Å². The molecule has 3 aromatic rings. The molecule has 21 heavy (non-hydrogen) atoms. The number of aryl methyl sites for hydroxylation is 1. The van der Waals surface area contributed by atoms with E-state index in [1.54, 1.807) is 11.8 Å². The third kappa shape index (κ3) is 3.73. The molecule has 0 spiro atoms. The molecule has 0 fully saturated rings. The fourth-order valence-corrected chi connectivity index (χ4v) is 4.40. The van der Waals surface area contributed by atoms with Gasteiger partial charge in [0, 0.05) is 21.7 Å².